The molecule has 1 aliphatic rings. The molecule has 1 heterocycles. The summed E-state index contributed by atoms with van der Waals surface area (Å²) in [7, 11) is -2.79. The van der Waals surface area contributed by atoms with Crippen molar-refractivity contribution in [1.82, 2.24) is 9.21 Å². The lowest BCUT2D eigenvalue weighted by Crippen LogP contribution is -2.50. The number of sulfonamides is 1. The fourth-order valence-corrected chi connectivity index (χ4v) is 4.63. The van der Waals surface area contributed by atoms with Gasteiger partial charge in [-0.2, -0.15) is 4.31 Å². The van der Waals surface area contributed by atoms with Crippen molar-refractivity contribution in [2.24, 2.45) is 0 Å². The third-order valence-electron chi connectivity index (χ3n) is 4.43. The molecule has 0 radical (unpaired) electrons. The van der Waals surface area contributed by atoms with Crippen LogP contribution in [-0.4, -0.2) is 56.8 Å². The highest BCUT2D eigenvalue weighted by molar-refractivity contribution is 7.89. The smallest absolute Gasteiger partial charge is 0.257 e. The standard InChI is InChI=1S/C18H17ClF2N2O4S/c1-27-16-5-2-12(19)10-14(16)18(24)22-6-8-23(9-7-22)28(25,26)17-11-13(20)3-4-15(17)21/h2-5,10-11H,6-9H2,1H3. The van der Waals surface area contributed by atoms with Gasteiger partial charge in [-0.1, -0.05) is 11.6 Å². The number of hydrogen-bond acceptors (Lipinski definition) is 4. The molecule has 1 fully saturated rings. The summed E-state index contributed by atoms with van der Waals surface area (Å²) in [5.74, 6) is -1.87. The predicted octanol–water partition coefficient (Wildman–Crippen LogP) is 2.77. The summed E-state index contributed by atoms with van der Waals surface area (Å²) in [6, 6.07) is 6.92. The van der Waals surface area contributed by atoms with Crippen LogP contribution in [0.15, 0.2) is 41.3 Å². The third kappa shape index (κ3) is 3.96. The van der Waals surface area contributed by atoms with Gasteiger partial charge in [-0.3, -0.25) is 4.79 Å². The molecule has 150 valence electrons. The summed E-state index contributed by atoms with van der Waals surface area (Å²) in [6.07, 6.45) is 0. The number of halogens is 3. The second kappa shape index (κ2) is 8.02. The Morgan fingerprint density at radius 1 is 1.07 bits per heavy atom. The normalized spacial score (nSPS) is 15.5. The van der Waals surface area contributed by atoms with E-state index in [1.54, 1.807) is 12.1 Å². The van der Waals surface area contributed by atoms with E-state index in [-0.39, 0.29) is 37.6 Å². The number of benzene rings is 2. The molecule has 1 aliphatic heterocycles. The maximum absolute atomic E-state index is 13.9. The SMILES string of the molecule is COc1ccc(Cl)cc1C(=O)N1CCN(S(=O)(=O)c2cc(F)ccc2F)CC1. The van der Waals surface area contributed by atoms with Crippen molar-refractivity contribution in [1.29, 1.82) is 0 Å². The van der Waals surface area contributed by atoms with Crippen molar-refractivity contribution in [2.75, 3.05) is 33.3 Å². The molecular formula is C18H17ClF2N2O4S. The quantitative estimate of drug-likeness (QED) is 0.748. The van der Waals surface area contributed by atoms with E-state index in [1.165, 1.54) is 18.1 Å². The third-order valence-corrected chi connectivity index (χ3v) is 6.58. The first-order chi connectivity index (χ1) is 13.2. The molecule has 28 heavy (non-hydrogen) atoms. The van der Waals surface area contributed by atoms with Gasteiger partial charge in [0.2, 0.25) is 10.0 Å². The molecule has 6 nitrogen and oxygen atoms in total. The first-order valence-electron chi connectivity index (χ1n) is 8.32. The fraction of sp³-hybridized carbons (Fsp3) is 0.278. The van der Waals surface area contributed by atoms with Gasteiger partial charge in [0.1, 0.15) is 22.3 Å². The number of methoxy groups -OCH3 is 1. The van der Waals surface area contributed by atoms with Crippen LogP contribution >= 0.6 is 11.6 Å². The Morgan fingerprint density at radius 2 is 1.75 bits per heavy atom. The average Bonchev–Trinajstić information content (AvgIpc) is 2.69. The van der Waals surface area contributed by atoms with E-state index in [2.05, 4.69) is 0 Å². The lowest BCUT2D eigenvalue weighted by molar-refractivity contribution is 0.0694. The highest BCUT2D eigenvalue weighted by Gasteiger charge is 2.33. The lowest BCUT2D eigenvalue weighted by Gasteiger charge is -2.34. The molecule has 0 bridgehead atoms. The number of piperazine rings is 1. The molecule has 0 N–H and O–H groups in total. The van der Waals surface area contributed by atoms with E-state index in [4.69, 9.17) is 16.3 Å². The van der Waals surface area contributed by atoms with Gasteiger partial charge in [-0.15, -0.1) is 0 Å². The topological polar surface area (TPSA) is 66.9 Å². The minimum Gasteiger partial charge on any atom is -0.496 e. The molecular weight excluding hydrogens is 414 g/mol. The Balaban J connectivity index is 1.77. The van der Waals surface area contributed by atoms with Crippen LogP contribution < -0.4 is 4.74 Å². The van der Waals surface area contributed by atoms with Crippen molar-refractivity contribution in [2.45, 2.75) is 4.90 Å². The van der Waals surface area contributed by atoms with E-state index in [0.29, 0.717) is 16.8 Å². The van der Waals surface area contributed by atoms with E-state index in [0.717, 1.165) is 16.4 Å². The van der Waals surface area contributed by atoms with Gasteiger partial charge >= 0.3 is 0 Å². The van der Waals surface area contributed by atoms with Gasteiger partial charge in [0, 0.05) is 31.2 Å². The molecule has 2 aromatic rings. The zero-order valence-corrected chi connectivity index (χ0v) is 16.4. The highest BCUT2D eigenvalue weighted by atomic mass is 35.5. The maximum Gasteiger partial charge on any atom is 0.257 e. The lowest BCUT2D eigenvalue weighted by atomic mass is 10.1. The number of carbonyl (C=O) groups is 1. The summed E-state index contributed by atoms with van der Waals surface area (Å²) in [6.45, 7) is 0.0785. The molecule has 1 amide bonds. The molecule has 10 heteroatoms. The van der Waals surface area contributed by atoms with E-state index in [9.17, 15) is 22.0 Å². The van der Waals surface area contributed by atoms with Crippen LogP contribution in [0.3, 0.4) is 0 Å². The Bertz CT molecular complexity index is 1010. The first kappa shape index (κ1) is 20.5. The van der Waals surface area contributed by atoms with Gasteiger partial charge in [-0.25, -0.2) is 17.2 Å². The Hall–Kier alpha value is -2.23. The van der Waals surface area contributed by atoms with Crippen LogP contribution in [0.2, 0.25) is 5.02 Å². The van der Waals surface area contributed by atoms with Crippen LogP contribution in [0.25, 0.3) is 0 Å². The van der Waals surface area contributed by atoms with Crippen molar-refractivity contribution in [3.63, 3.8) is 0 Å². The van der Waals surface area contributed by atoms with Crippen molar-refractivity contribution >= 4 is 27.5 Å². The number of nitrogens with zero attached hydrogens (tertiary/aromatic N) is 2. The summed E-state index contributed by atoms with van der Waals surface area (Å²) in [5, 5.41) is 0.368. The minimum atomic E-state index is -4.21. The first-order valence-corrected chi connectivity index (χ1v) is 10.1. The summed E-state index contributed by atoms with van der Waals surface area (Å²) in [5.41, 5.74) is 0.266. The predicted molar refractivity (Wildman–Crippen MR) is 99.0 cm³/mol. The zero-order valence-electron chi connectivity index (χ0n) is 14.9. The molecule has 2 aromatic carbocycles. The molecule has 0 spiro atoms. The number of rotatable bonds is 4. The van der Waals surface area contributed by atoms with Crippen LogP contribution in [-0.2, 0) is 10.0 Å². The van der Waals surface area contributed by atoms with Crippen LogP contribution in [0.1, 0.15) is 10.4 Å². The number of carbonyl (C=O) groups excluding carboxylic acids is 1. The zero-order chi connectivity index (χ0) is 20.5. The number of ether oxygens (including phenoxy) is 1. The fourth-order valence-electron chi connectivity index (χ4n) is 2.96. The maximum atomic E-state index is 13.9. The Labute approximate surface area is 166 Å². The van der Waals surface area contributed by atoms with Crippen LogP contribution in [0.5, 0.6) is 5.75 Å². The van der Waals surface area contributed by atoms with Crippen LogP contribution in [0, 0.1) is 11.6 Å². The van der Waals surface area contributed by atoms with Gasteiger partial charge < -0.3 is 9.64 Å². The number of hydrogen-bond donors (Lipinski definition) is 0. The number of amides is 1. The van der Waals surface area contributed by atoms with Crippen molar-refractivity contribution in [3.05, 3.63) is 58.6 Å². The van der Waals surface area contributed by atoms with E-state index in [1.807, 2.05) is 0 Å². The average molecular weight is 431 g/mol. The second-order valence-electron chi connectivity index (χ2n) is 6.12. The molecule has 0 unspecified atom stereocenters. The Kier molecular flexibility index (Phi) is 5.87. The largest absolute Gasteiger partial charge is 0.496 e. The van der Waals surface area contributed by atoms with Crippen molar-refractivity contribution < 1.29 is 26.7 Å². The van der Waals surface area contributed by atoms with Crippen molar-refractivity contribution in [3.8, 4) is 5.75 Å². The van der Waals surface area contributed by atoms with Gasteiger partial charge in [0.15, 0.2) is 0 Å². The molecule has 0 aromatic heterocycles. The minimum absolute atomic E-state index is 0.0487. The van der Waals surface area contributed by atoms with Gasteiger partial charge in [0.25, 0.3) is 5.91 Å². The monoisotopic (exact) mass is 430 g/mol. The molecule has 3 rings (SSSR count). The molecule has 0 aliphatic carbocycles. The molecule has 1 saturated heterocycles. The summed E-state index contributed by atoms with van der Waals surface area (Å²) in [4.78, 5) is 13.5. The second-order valence-corrected chi connectivity index (χ2v) is 8.46. The highest BCUT2D eigenvalue weighted by Crippen LogP contribution is 2.26. The summed E-state index contributed by atoms with van der Waals surface area (Å²) < 4.78 is 58.8. The summed E-state index contributed by atoms with van der Waals surface area (Å²) >= 11 is 5.96. The molecule has 0 saturated carbocycles. The van der Waals surface area contributed by atoms with Crippen LogP contribution in [0.4, 0.5) is 8.78 Å². The van der Waals surface area contributed by atoms with Gasteiger partial charge in [0.05, 0.1) is 12.7 Å². The Morgan fingerprint density at radius 3 is 2.39 bits per heavy atom. The molecule has 0 atom stereocenters. The van der Waals surface area contributed by atoms with E-state index >= 15 is 0 Å². The van der Waals surface area contributed by atoms with E-state index < -0.39 is 26.6 Å². The van der Waals surface area contributed by atoms with Gasteiger partial charge in [-0.05, 0) is 36.4 Å².